The van der Waals surface area contributed by atoms with E-state index in [2.05, 4.69) is 0 Å². The minimum atomic E-state index is -3.55. The lowest BCUT2D eigenvalue weighted by Crippen LogP contribution is -2.40. The molecule has 6 nitrogen and oxygen atoms in total. The van der Waals surface area contributed by atoms with Gasteiger partial charge in [-0.2, -0.15) is 4.31 Å². The summed E-state index contributed by atoms with van der Waals surface area (Å²) in [6.07, 6.45) is 5.45. The summed E-state index contributed by atoms with van der Waals surface area (Å²) in [5.74, 6) is 0. The Morgan fingerprint density at radius 3 is 2.04 bits per heavy atom. The Bertz CT molecular complexity index is 676. The average molecular weight is 383 g/mol. The van der Waals surface area contributed by atoms with Gasteiger partial charge in [-0.1, -0.05) is 33.1 Å². The van der Waals surface area contributed by atoms with E-state index in [1.54, 1.807) is 12.1 Å². The van der Waals surface area contributed by atoms with E-state index in [4.69, 9.17) is 0 Å². The molecule has 0 spiro atoms. The highest BCUT2D eigenvalue weighted by molar-refractivity contribution is 7.89. The van der Waals surface area contributed by atoms with E-state index in [-0.39, 0.29) is 10.9 Å². The van der Waals surface area contributed by atoms with Crippen molar-refractivity contribution >= 4 is 21.8 Å². The molecule has 1 aromatic carbocycles. The van der Waals surface area contributed by atoms with E-state index < -0.39 is 16.1 Å². The Kier molecular flexibility index (Phi) is 7.46. The van der Waals surface area contributed by atoms with Crippen molar-refractivity contribution in [2.24, 2.45) is 0 Å². The largest absolute Gasteiger partial charge is 0.465 e. The van der Waals surface area contributed by atoms with E-state index in [1.165, 1.54) is 21.3 Å². The summed E-state index contributed by atoms with van der Waals surface area (Å²) in [6, 6.07) is 6.27. The maximum absolute atomic E-state index is 12.8. The number of hydrogen-bond donors (Lipinski definition) is 1. The molecule has 0 bridgehead atoms. The summed E-state index contributed by atoms with van der Waals surface area (Å²) in [4.78, 5) is 13.4. The van der Waals surface area contributed by atoms with Crippen molar-refractivity contribution < 1.29 is 18.3 Å². The zero-order valence-corrected chi connectivity index (χ0v) is 16.5. The van der Waals surface area contributed by atoms with Gasteiger partial charge in [0.05, 0.1) is 4.90 Å². The van der Waals surface area contributed by atoms with Crippen LogP contribution < -0.4 is 4.90 Å². The second kappa shape index (κ2) is 9.37. The molecule has 0 unspecified atom stereocenters. The smallest absolute Gasteiger partial charge is 0.412 e. The third-order valence-corrected chi connectivity index (χ3v) is 6.76. The van der Waals surface area contributed by atoms with Crippen LogP contribution in [0.1, 0.15) is 58.8 Å². The molecule has 0 atom stereocenters. The molecule has 1 fully saturated rings. The quantitative estimate of drug-likeness (QED) is 0.726. The second-order valence-electron chi connectivity index (χ2n) is 6.84. The summed E-state index contributed by atoms with van der Waals surface area (Å²) in [7, 11) is -3.55. The fraction of sp³-hybridized carbons (Fsp3) is 0.632. The van der Waals surface area contributed by atoms with Crippen LogP contribution in [0.3, 0.4) is 0 Å². The van der Waals surface area contributed by atoms with Gasteiger partial charge in [0.1, 0.15) is 0 Å². The van der Waals surface area contributed by atoms with Crippen molar-refractivity contribution in [2.75, 3.05) is 18.0 Å². The third-order valence-electron chi connectivity index (χ3n) is 4.84. The molecule has 0 heterocycles. The summed E-state index contributed by atoms with van der Waals surface area (Å²) >= 11 is 0. The zero-order valence-electron chi connectivity index (χ0n) is 15.7. The number of hydrogen-bond acceptors (Lipinski definition) is 3. The molecule has 146 valence electrons. The highest BCUT2D eigenvalue weighted by Crippen LogP contribution is 2.29. The molecule has 7 heteroatoms. The first-order valence-electron chi connectivity index (χ1n) is 9.54. The fourth-order valence-corrected chi connectivity index (χ4v) is 5.22. The molecular weight excluding hydrogens is 352 g/mol. The van der Waals surface area contributed by atoms with Gasteiger partial charge in [0.2, 0.25) is 10.0 Å². The van der Waals surface area contributed by atoms with Crippen LogP contribution in [-0.4, -0.2) is 43.1 Å². The fourth-order valence-electron chi connectivity index (χ4n) is 3.60. The molecule has 1 aliphatic carbocycles. The number of rotatable bonds is 8. The maximum Gasteiger partial charge on any atom is 0.412 e. The first-order chi connectivity index (χ1) is 12.4. The van der Waals surface area contributed by atoms with Crippen LogP contribution in [0.25, 0.3) is 0 Å². The molecule has 1 aliphatic rings. The lowest BCUT2D eigenvalue weighted by atomic mass is 9.94. The van der Waals surface area contributed by atoms with Crippen LogP contribution in [0.15, 0.2) is 29.2 Å². The van der Waals surface area contributed by atoms with Crippen LogP contribution >= 0.6 is 0 Å². The topological polar surface area (TPSA) is 77.9 Å². The molecule has 0 saturated heterocycles. The Balaban J connectivity index is 2.26. The van der Waals surface area contributed by atoms with Crippen LogP contribution in [0.5, 0.6) is 0 Å². The Hall–Kier alpha value is -1.60. The average Bonchev–Trinajstić information content (AvgIpc) is 2.63. The predicted octanol–water partition coefficient (Wildman–Crippen LogP) is 4.31. The highest BCUT2D eigenvalue weighted by Gasteiger charge is 2.28. The number of carboxylic acid groups (broad SMARTS) is 1. The molecular formula is C19H30N2O4S. The predicted molar refractivity (Wildman–Crippen MR) is 103 cm³/mol. The summed E-state index contributed by atoms with van der Waals surface area (Å²) in [5, 5.41) is 9.64. The van der Waals surface area contributed by atoms with Gasteiger partial charge >= 0.3 is 6.09 Å². The van der Waals surface area contributed by atoms with Crippen molar-refractivity contribution in [2.45, 2.75) is 69.7 Å². The molecule has 1 amide bonds. The van der Waals surface area contributed by atoms with Crippen LogP contribution in [0.4, 0.5) is 10.5 Å². The van der Waals surface area contributed by atoms with Gasteiger partial charge < -0.3 is 5.11 Å². The maximum atomic E-state index is 12.8. The minimum absolute atomic E-state index is 0.0274. The molecule has 1 aromatic rings. The van der Waals surface area contributed by atoms with Gasteiger partial charge in [0.15, 0.2) is 0 Å². The van der Waals surface area contributed by atoms with Crippen LogP contribution in [0, 0.1) is 0 Å². The lowest BCUT2D eigenvalue weighted by Gasteiger charge is -2.32. The Morgan fingerprint density at radius 1 is 1.04 bits per heavy atom. The van der Waals surface area contributed by atoms with E-state index in [9.17, 15) is 18.3 Å². The molecule has 1 saturated carbocycles. The summed E-state index contributed by atoms with van der Waals surface area (Å²) in [6.45, 7) is 4.88. The number of benzene rings is 1. The van der Waals surface area contributed by atoms with E-state index in [0.717, 1.165) is 44.9 Å². The van der Waals surface area contributed by atoms with Crippen molar-refractivity contribution in [3.05, 3.63) is 24.3 Å². The van der Waals surface area contributed by atoms with Gasteiger partial charge in [-0.05, 0) is 49.9 Å². The Morgan fingerprint density at radius 2 is 1.58 bits per heavy atom. The van der Waals surface area contributed by atoms with Crippen molar-refractivity contribution in [3.8, 4) is 0 Å². The van der Waals surface area contributed by atoms with Crippen LogP contribution in [-0.2, 0) is 10.0 Å². The number of carbonyl (C=O) groups is 1. The van der Waals surface area contributed by atoms with Crippen molar-refractivity contribution in [3.63, 3.8) is 0 Å². The third kappa shape index (κ3) is 4.76. The number of amides is 1. The second-order valence-corrected chi connectivity index (χ2v) is 8.78. The number of nitrogens with zero attached hydrogens (tertiary/aromatic N) is 2. The van der Waals surface area contributed by atoms with Gasteiger partial charge in [0, 0.05) is 24.8 Å². The molecule has 1 N–H and O–H groups in total. The van der Waals surface area contributed by atoms with Crippen LogP contribution in [0.2, 0.25) is 0 Å². The van der Waals surface area contributed by atoms with E-state index >= 15 is 0 Å². The lowest BCUT2D eigenvalue weighted by molar-refractivity contribution is 0.196. The SMILES string of the molecule is CCCN(CCC)S(=O)(=O)c1ccc(N(C(=O)O)C2CCCCC2)cc1. The standard InChI is InChI=1S/C19H30N2O4S/c1-3-14-20(15-4-2)26(24,25)18-12-10-17(11-13-18)21(19(22)23)16-8-6-5-7-9-16/h10-13,16H,3-9,14-15H2,1-2H3,(H,22,23). The first-order valence-corrected chi connectivity index (χ1v) is 11.0. The monoisotopic (exact) mass is 382 g/mol. The Labute approximate surface area is 156 Å². The normalized spacial score (nSPS) is 16.0. The number of anilines is 1. The molecule has 26 heavy (non-hydrogen) atoms. The molecule has 0 radical (unpaired) electrons. The molecule has 0 aromatic heterocycles. The van der Waals surface area contributed by atoms with E-state index in [0.29, 0.717) is 18.8 Å². The van der Waals surface area contributed by atoms with Crippen molar-refractivity contribution in [1.29, 1.82) is 0 Å². The van der Waals surface area contributed by atoms with Crippen molar-refractivity contribution in [1.82, 2.24) is 4.31 Å². The van der Waals surface area contributed by atoms with Gasteiger partial charge in [-0.25, -0.2) is 13.2 Å². The molecule has 0 aliphatic heterocycles. The van der Waals surface area contributed by atoms with Gasteiger partial charge in [0.25, 0.3) is 0 Å². The zero-order chi connectivity index (χ0) is 19.2. The highest BCUT2D eigenvalue weighted by atomic mass is 32.2. The molecule has 2 rings (SSSR count). The van der Waals surface area contributed by atoms with E-state index in [1.807, 2.05) is 13.8 Å². The number of sulfonamides is 1. The summed E-state index contributed by atoms with van der Waals surface area (Å²) in [5.41, 5.74) is 0.542. The first kappa shape index (κ1) is 20.7. The minimum Gasteiger partial charge on any atom is -0.465 e. The van der Waals surface area contributed by atoms with Gasteiger partial charge in [-0.3, -0.25) is 4.90 Å². The van der Waals surface area contributed by atoms with Gasteiger partial charge in [-0.15, -0.1) is 0 Å². The summed E-state index contributed by atoms with van der Waals surface area (Å²) < 4.78 is 27.1.